The third kappa shape index (κ3) is 4.15. The van der Waals surface area contributed by atoms with Gasteiger partial charge >= 0.3 is 0 Å². The van der Waals surface area contributed by atoms with Crippen molar-refractivity contribution in [1.82, 2.24) is 4.98 Å². The molecule has 2 aromatic carbocycles. The molecule has 0 aliphatic rings. The molecule has 0 spiro atoms. The number of aromatic nitrogens is 1. The number of nitrogens with one attached hydrogen (secondary N) is 1. The first-order chi connectivity index (χ1) is 11.9. The molecule has 0 fully saturated rings. The van der Waals surface area contributed by atoms with Gasteiger partial charge in [-0.25, -0.2) is 0 Å². The van der Waals surface area contributed by atoms with Crippen molar-refractivity contribution >= 4 is 45.5 Å². The maximum absolute atomic E-state index is 6.26. The Morgan fingerprint density at radius 3 is 2.68 bits per heavy atom. The van der Waals surface area contributed by atoms with Crippen molar-refractivity contribution in [2.75, 3.05) is 11.9 Å². The van der Waals surface area contributed by atoms with Crippen molar-refractivity contribution in [2.45, 2.75) is 19.4 Å². The van der Waals surface area contributed by atoms with Crippen LogP contribution in [0.15, 0.2) is 48.7 Å². The van der Waals surface area contributed by atoms with Crippen LogP contribution >= 0.6 is 23.2 Å². The van der Waals surface area contributed by atoms with E-state index in [-0.39, 0.29) is 0 Å². The number of hydrogen-bond acceptors (Lipinski definition) is 4. The Labute approximate surface area is 156 Å². The zero-order valence-corrected chi connectivity index (χ0v) is 15.5. The van der Waals surface area contributed by atoms with E-state index in [1.165, 1.54) is 0 Å². The highest BCUT2D eigenvalue weighted by Gasteiger charge is 2.19. The minimum absolute atomic E-state index is 0.386. The highest BCUT2D eigenvalue weighted by molar-refractivity contribution is 6.32. The summed E-state index contributed by atoms with van der Waals surface area (Å²) in [5.41, 5.74) is 7.85. The summed E-state index contributed by atoms with van der Waals surface area (Å²) < 4.78 is 5.94. The van der Waals surface area contributed by atoms with E-state index >= 15 is 0 Å². The van der Waals surface area contributed by atoms with Crippen molar-refractivity contribution in [3.8, 4) is 5.75 Å². The van der Waals surface area contributed by atoms with Crippen molar-refractivity contribution < 1.29 is 4.74 Å². The zero-order chi connectivity index (χ0) is 18.0. The van der Waals surface area contributed by atoms with Crippen molar-refractivity contribution in [2.24, 2.45) is 5.73 Å². The molecule has 0 atom stereocenters. The van der Waals surface area contributed by atoms with Gasteiger partial charge in [-0.15, -0.1) is 0 Å². The van der Waals surface area contributed by atoms with Gasteiger partial charge in [0, 0.05) is 40.6 Å². The Morgan fingerprint density at radius 1 is 1.12 bits per heavy atom. The van der Waals surface area contributed by atoms with Gasteiger partial charge in [-0.05, 0) is 50.2 Å². The molecular weight excluding hydrogens is 357 g/mol. The number of hydrogen-bond donors (Lipinski definition) is 2. The van der Waals surface area contributed by atoms with Crippen LogP contribution in [0.1, 0.15) is 13.8 Å². The van der Waals surface area contributed by atoms with Crippen molar-refractivity contribution in [3.05, 3.63) is 58.7 Å². The van der Waals surface area contributed by atoms with E-state index < -0.39 is 5.60 Å². The Kier molecular flexibility index (Phi) is 5.04. The molecule has 0 aliphatic heterocycles. The lowest BCUT2D eigenvalue weighted by atomic mass is 10.1. The summed E-state index contributed by atoms with van der Waals surface area (Å²) in [5, 5.41) is 5.56. The van der Waals surface area contributed by atoms with Gasteiger partial charge in [-0.1, -0.05) is 23.2 Å². The molecule has 3 rings (SSSR count). The summed E-state index contributed by atoms with van der Waals surface area (Å²) in [6.45, 7) is 4.23. The van der Waals surface area contributed by atoms with E-state index in [1.54, 1.807) is 12.3 Å². The van der Waals surface area contributed by atoms with Crippen LogP contribution in [0.4, 0.5) is 11.4 Å². The molecule has 25 heavy (non-hydrogen) atoms. The van der Waals surface area contributed by atoms with Crippen LogP contribution in [0, 0.1) is 0 Å². The Morgan fingerprint density at radius 2 is 1.92 bits per heavy atom. The third-order valence-corrected chi connectivity index (χ3v) is 4.34. The van der Waals surface area contributed by atoms with Gasteiger partial charge < -0.3 is 15.8 Å². The van der Waals surface area contributed by atoms with Gasteiger partial charge in [0.2, 0.25) is 0 Å². The van der Waals surface area contributed by atoms with E-state index in [2.05, 4.69) is 10.3 Å². The third-order valence-electron chi connectivity index (χ3n) is 3.79. The highest BCUT2D eigenvalue weighted by atomic mass is 35.5. The molecule has 0 bridgehead atoms. The summed E-state index contributed by atoms with van der Waals surface area (Å²) >= 11 is 12.3. The van der Waals surface area contributed by atoms with Gasteiger partial charge in [0.1, 0.15) is 11.4 Å². The van der Waals surface area contributed by atoms with Crippen LogP contribution in [-0.4, -0.2) is 17.1 Å². The van der Waals surface area contributed by atoms with Crippen LogP contribution in [0.2, 0.25) is 10.0 Å². The number of halogens is 2. The molecule has 0 saturated heterocycles. The summed E-state index contributed by atoms with van der Waals surface area (Å²) in [6, 6.07) is 13.1. The van der Waals surface area contributed by atoms with E-state index in [0.717, 1.165) is 22.3 Å². The molecule has 0 aliphatic carbocycles. The Bertz CT molecular complexity index is 912. The summed E-state index contributed by atoms with van der Waals surface area (Å²) in [7, 11) is 0. The molecular formula is C19H19Cl2N3O. The summed E-state index contributed by atoms with van der Waals surface area (Å²) in [4.78, 5) is 4.35. The first kappa shape index (κ1) is 17.8. The Hall–Kier alpha value is -2.01. The minimum Gasteiger partial charge on any atom is -0.485 e. The van der Waals surface area contributed by atoms with Crippen LogP contribution in [0.5, 0.6) is 5.75 Å². The lowest BCUT2D eigenvalue weighted by Gasteiger charge is -2.25. The number of fused-ring (bicyclic) bond motifs is 1. The molecule has 0 unspecified atom stereocenters. The fourth-order valence-electron chi connectivity index (χ4n) is 2.38. The largest absolute Gasteiger partial charge is 0.485 e. The second-order valence-electron chi connectivity index (χ2n) is 6.36. The van der Waals surface area contributed by atoms with Gasteiger partial charge in [0.15, 0.2) is 0 Å². The van der Waals surface area contributed by atoms with Gasteiger partial charge in [-0.3, -0.25) is 4.98 Å². The average molecular weight is 376 g/mol. The second kappa shape index (κ2) is 7.08. The quantitative estimate of drug-likeness (QED) is 0.626. The smallest absolute Gasteiger partial charge is 0.140 e. The molecule has 6 heteroatoms. The van der Waals surface area contributed by atoms with E-state index in [4.69, 9.17) is 33.7 Å². The number of anilines is 2. The fraction of sp³-hybridized carbons (Fsp3) is 0.211. The highest BCUT2D eigenvalue weighted by Crippen LogP contribution is 2.33. The number of pyridine rings is 1. The lowest BCUT2D eigenvalue weighted by molar-refractivity contribution is 0.119. The zero-order valence-electron chi connectivity index (χ0n) is 14.0. The predicted octanol–water partition coefficient (Wildman–Crippen LogP) is 5.40. The van der Waals surface area contributed by atoms with Gasteiger partial charge in [0.05, 0.1) is 10.5 Å². The van der Waals surface area contributed by atoms with Gasteiger partial charge in [-0.2, -0.15) is 0 Å². The SMILES string of the molecule is CC(C)(CN)Oc1cc(Nc2ccnc3cc(Cl)ccc23)ccc1Cl. The van der Waals surface area contributed by atoms with E-state index in [9.17, 15) is 0 Å². The number of nitrogens with zero attached hydrogens (tertiary/aromatic N) is 1. The van der Waals surface area contributed by atoms with Crippen LogP contribution in [0.25, 0.3) is 10.9 Å². The fourth-order valence-corrected chi connectivity index (χ4v) is 2.71. The molecule has 130 valence electrons. The first-order valence-corrected chi connectivity index (χ1v) is 8.63. The monoisotopic (exact) mass is 375 g/mol. The molecule has 0 amide bonds. The maximum Gasteiger partial charge on any atom is 0.140 e. The summed E-state index contributed by atoms with van der Waals surface area (Å²) in [6.07, 6.45) is 1.74. The molecule has 4 nitrogen and oxygen atoms in total. The van der Waals surface area contributed by atoms with E-state index in [0.29, 0.717) is 22.3 Å². The topological polar surface area (TPSA) is 60.2 Å². The van der Waals surface area contributed by atoms with Crippen molar-refractivity contribution in [1.29, 1.82) is 0 Å². The molecule has 3 N–H and O–H groups in total. The number of nitrogens with two attached hydrogens (primary N) is 1. The molecule has 0 radical (unpaired) electrons. The molecule has 0 saturated carbocycles. The lowest BCUT2D eigenvalue weighted by Crippen LogP contribution is -2.37. The second-order valence-corrected chi connectivity index (χ2v) is 7.20. The standard InChI is InChI=1S/C19H19Cl2N3O/c1-19(2,11-22)25-18-10-13(4-6-15(18)21)24-16-7-8-23-17-9-12(20)3-5-14(16)17/h3-10H,11,22H2,1-2H3,(H,23,24). The molecule has 3 aromatic rings. The maximum atomic E-state index is 6.26. The number of rotatable bonds is 5. The normalized spacial score (nSPS) is 11.6. The van der Waals surface area contributed by atoms with Crippen LogP contribution in [0.3, 0.4) is 0 Å². The van der Waals surface area contributed by atoms with Crippen LogP contribution < -0.4 is 15.8 Å². The van der Waals surface area contributed by atoms with E-state index in [1.807, 2.05) is 50.2 Å². The van der Waals surface area contributed by atoms with Crippen molar-refractivity contribution in [3.63, 3.8) is 0 Å². The molecule has 1 heterocycles. The summed E-state index contributed by atoms with van der Waals surface area (Å²) in [5.74, 6) is 0.587. The Balaban J connectivity index is 1.94. The molecule has 1 aromatic heterocycles. The number of benzene rings is 2. The van der Waals surface area contributed by atoms with Crippen LogP contribution in [-0.2, 0) is 0 Å². The number of ether oxygens (including phenoxy) is 1. The minimum atomic E-state index is -0.498. The first-order valence-electron chi connectivity index (χ1n) is 7.88. The predicted molar refractivity (Wildman–Crippen MR) is 105 cm³/mol. The average Bonchev–Trinajstić information content (AvgIpc) is 2.57. The van der Waals surface area contributed by atoms with Gasteiger partial charge in [0.25, 0.3) is 0 Å².